The summed E-state index contributed by atoms with van der Waals surface area (Å²) in [5.41, 5.74) is 5.08. The summed E-state index contributed by atoms with van der Waals surface area (Å²) >= 11 is -0.546. The summed E-state index contributed by atoms with van der Waals surface area (Å²) in [4.78, 5) is 21.5. The SMILES string of the molecule is NC(=O)C1CC=C[I-]C1C(=O)O. The van der Waals surface area contributed by atoms with Crippen LogP contribution in [0.25, 0.3) is 0 Å². The summed E-state index contributed by atoms with van der Waals surface area (Å²) < 4.78 is 1.36. The normalized spacial score (nSPS) is 29.0. The van der Waals surface area contributed by atoms with E-state index in [0.29, 0.717) is 6.42 Å². The van der Waals surface area contributed by atoms with Crippen LogP contribution in [-0.4, -0.2) is 20.9 Å². The maximum atomic E-state index is 10.8. The van der Waals surface area contributed by atoms with Gasteiger partial charge in [-0.3, -0.25) is 0 Å². The summed E-state index contributed by atoms with van der Waals surface area (Å²) in [5.74, 6) is -1.87. The zero-order valence-electron chi connectivity index (χ0n) is 6.24. The van der Waals surface area contributed by atoms with Crippen LogP contribution >= 0.6 is 0 Å². The van der Waals surface area contributed by atoms with Crippen molar-refractivity contribution in [3.8, 4) is 0 Å². The molecule has 0 saturated carbocycles. The molecule has 0 aromatic heterocycles. The van der Waals surface area contributed by atoms with Gasteiger partial charge in [-0.1, -0.05) is 0 Å². The predicted octanol–water partition coefficient (Wildman–Crippen LogP) is -3.45. The third kappa shape index (κ3) is 1.96. The van der Waals surface area contributed by atoms with Crippen molar-refractivity contribution in [2.24, 2.45) is 11.7 Å². The molecule has 2 atom stereocenters. The number of carboxylic acids is 1. The van der Waals surface area contributed by atoms with Gasteiger partial charge in [0.1, 0.15) is 0 Å². The van der Waals surface area contributed by atoms with Crippen LogP contribution in [0, 0.1) is 5.92 Å². The molecule has 0 bridgehead atoms. The van der Waals surface area contributed by atoms with E-state index < -0.39 is 42.9 Å². The van der Waals surface area contributed by atoms with Crippen molar-refractivity contribution in [2.45, 2.75) is 10.3 Å². The fraction of sp³-hybridized carbons (Fsp3) is 0.429. The van der Waals surface area contributed by atoms with E-state index in [0.717, 1.165) is 0 Å². The molecule has 68 valence electrons. The minimum atomic E-state index is -0.893. The van der Waals surface area contributed by atoms with Gasteiger partial charge in [-0.05, 0) is 0 Å². The van der Waals surface area contributed by atoms with Crippen LogP contribution < -0.4 is 26.9 Å². The Morgan fingerprint density at radius 3 is 2.67 bits per heavy atom. The van der Waals surface area contributed by atoms with E-state index in [1.165, 1.54) is 0 Å². The second kappa shape index (κ2) is 3.88. The van der Waals surface area contributed by atoms with Gasteiger partial charge in [-0.2, -0.15) is 0 Å². The van der Waals surface area contributed by atoms with Crippen LogP contribution in [0.1, 0.15) is 6.42 Å². The van der Waals surface area contributed by atoms with Crippen molar-refractivity contribution < 1.29 is 35.9 Å². The van der Waals surface area contributed by atoms with E-state index in [9.17, 15) is 9.59 Å². The number of amides is 1. The topological polar surface area (TPSA) is 80.4 Å². The number of aliphatic carboxylic acids is 1. The fourth-order valence-electron chi connectivity index (χ4n) is 1.02. The molecule has 0 saturated heterocycles. The molecule has 0 radical (unpaired) electrons. The van der Waals surface area contributed by atoms with Crippen LogP contribution in [0.15, 0.2) is 10.2 Å². The molecule has 0 aromatic rings. The molecule has 0 spiro atoms. The van der Waals surface area contributed by atoms with Crippen LogP contribution in [-0.2, 0) is 9.59 Å². The van der Waals surface area contributed by atoms with Gasteiger partial charge in [0, 0.05) is 0 Å². The van der Waals surface area contributed by atoms with Gasteiger partial charge >= 0.3 is 79.9 Å². The Bertz CT molecular complexity index is 215. The van der Waals surface area contributed by atoms with Gasteiger partial charge in [0.25, 0.3) is 0 Å². The molecule has 1 aliphatic rings. The van der Waals surface area contributed by atoms with Crippen molar-refractivity contribution in [3.05, 3.63) is 10.2 Å². The first-order valence-electron chi connectivity index (χ1n) is 3.42. The molecule has 0 aromatic carbocycles. The number of nitrogens with two attached hydrogens (primary N) is 1. The number of halogens is 1. The van der Waals surface area contributed by atoms with E-state index in [2.05, 4.69) is 0 Å². The van der Waals surface area contributed by atoms with E-state index in [1.54, 1.807) is 0 Å². The number of hydrogen-bond acceptors (Lipinski definition) is 2. The summed E-state index contributed by atoms with van der Waals surface area (Å²) in [6, 6.07) is 0. The van der Waals surface area contributed by atoms with Crippen LogP contribution in [0.4, 0.5) is 0 Å². The molecule has 12 heavy (non-hydrogen) atoms. The fourth-order valence-corrected chi connectivity index (χ4v) is 3.51. The number of alkyl halides is 1. The first-order valence-corrected chi connectivity index (χ1v) is 5.91. The molecular formula is C7H9INO3-. The van der Waals surface area contributed by atoms with Gasteiger partial charge in [-0.15, -0.1) is 0 Å². The molecule has 3 N–H and O–H groups in total. The molecule has 1 aliphatic heterocycles. The molecule has 0 aliphatic carbocycles. The van der Waals surface area contributed by atoms with Crippen LogP contribution in [0.5, 0.6) is 0 Å². The number of carboxylic acid groups (broad SMARTS) is 1. The zero-order chi connectivity index (χ0) is 9.14. The summed E-state index contributed by atoms with van der Waals surface area (Å²) in [6.45, 7) is 0. The van der Waals surface area contributed by atoms with E-state index in [4.69, 9.17) is 10.8 Å². The second-order valence-electron chi connectivity index (χ2n) is 2.47. The Balaban J connectivity index is 2.76. The third-order valence-corrected chi connectivity index (χ3v) is 4.74. The van der Waals surface area contributed by atoms with Crippen molar-refractivity contribution in [1.29, 1.82) is 0 Å². The van der Waals surface area contributed by atoms with E-state index in [-0.39, 0.29) is 0 Å². The Morgan fingerprint density at radius 1 is 1.58 bits per heavy atom. The Kier molecular flexibility index (Phi) is 3.07. The average Bonchev–Trinajstić information content (AvgIpc) is 2.04. The number of carbonyl (C=O) groups excluding carboxylic acids is 1. The van der Waals surface area contributed by atoms with Crippen LogP contribution in [0.3, 0.4) is 0 Å². The first-order chi connectivity index (χ1) is 5.63. The molecular weight excluding hydrogens is 273 g/mol. The van der Waals surface area contributed by atoms with Crippen LogP contribution in [0.2, 0.25) is 0 Å². The molecule has 1 amide bonds. The average molecular weight is 282 g/mol. The van der Waals surface area contributed by atoms with Gasteiger partial charge in [0.15, 0.2) is 0 Å². The van der Waals surface area contributed by atoms with Gasteiger partial charge in [0.05, 0.1) is 0 Å². The van der Waals surface area contributed by atoms with Crippen molar-refractivity contribution in [3.63, 3.8) is 0 Å². The molecule has 1 heterocycles. The minimum absolute atomic E-state index is 0.478. The Labute approximate surface area is 80.1 Å². The quantitative estimate of drug-likeness (QED) is 0.408. The standard InChI is InChI=1S/C7H9INO3/c9-6(10)4-2-1-3-8-5(4)7(11)12/h1,3-5H,2H2,(H2,9,10)(H,11,12)/q-1. The molecule has 0 fully saturated rings. The zero-order valence-corrected chi connectivity index (χ0v) is 8.39. The number of hydrogen-bond donors (Lipinski definition) is 2. The third-order valence-electron chi connectivity index (χ3n) is 1.64. The summed E-state index contributed by atoms with van der Waals surface area (Å²) in [5, 5.41) is 8.74. The molecule has 2 unspecified atom stereocenters. The number of rotatable bonds is 2. The summed E-state index contributed by atoms with van der Waals surface area (Å²) in [7, 11) is 0. The number of carbonyl (C=O) groups is 2. The predicted molar refractivity (Wildman–Crippen MR) is 37.9 cm³/mol. The van der Waals surface area contributed by atoms with Crippen molar-refractivity contribution >= 4 is 11.9 Å². The van der Waals surface area contributed by atoms with Gasteiger partial charge in [0.2, 0.25) is 0 Å². The Morgan fingerprint density at radius 2 is 2.25 bits per heavy atom. The number of primary amides is 1. The monoisotopic (exact) mass is 282 g/mol. The van der Waals surface area contributed by atoms with Crippen molar-refractivity contribution in [2.75, 3.05) is 0 Å². The second-order valence-corrected chi connectivity index (χ2v) is 5.25. The van der Waals surface area contributed by atoms with Gasteiger partial charge in [-0.25, -0.2) is 0 Å². The molecule has 4 nitrogen and oxygen atoms in total. The maximum absolute atomic E-state index is 10.8. The molecule has 5 heteroatoms. The van der Waals surface area contributed by atoms with Crippen molar-refractivity contribution in [1.82, 2.24) is 0 Å². The Hall–Kier alpha value is -0.590. The van der Waals surface area contributed by atoms with E-state index >= 15 is 0 Å². The van der Waals surface area contributed by atoms with Gasteiger partial charge < -0.3 is 0 Å². The van der Waals surface area contributed by atoms with E-state index in [1.807, 2.05) is 10.2 Å². The molecule has 1 rings (SSSR count). The first kappa shape index (κ1) is 9.50. The number of allylic oxidation sites excluding steroid dienone is 1. The summed E-state index contributed by atoms with van der Waals surface area (Å²) in [6.07, 6.45) is 2.33.